The number of pyridine rings is 1. The predicted molar refractivity (Wildman–Crippen MR) is 104 cm³/mol. The van der Waals surface area contributed by atoms with E-state index in [-0.39, 0.29) is 5.97 Å². The van der Waals surface area contributed by atoms with Crippen LogP contribution >= 0.6 is 0 Å². The van der Waals surface area contributed by atoms with E-state index in [0.717, 1.165) is 36.6 Å². The fraction of sp³-hybridized carbons (Fsp3) is 0.650. The first-order valence-corrected chi connectivity index (χ1v) is 9.55. The van der Waals surface area contributed by atoms with E-state index in [4.69, 9.17) is 10.5 Å². The standard InChI is InChI=1S/C20H32N4O2/c1-13(2)6-5-7-14(3)23-20(21)22-12-16-10-11-17(19(25)26-4)18(24-16)15-8-9-15/h10-11,13-15H,5-9,12H2,1-4H3,(H3,21,22,23). The van der Waals surface area contributed by atoms with Crippen molar-refractivity contribution < 1.29 is 9.53 Å². The van der Waals surface area contributed by atoms with E-state index in [1.807, 2.05) is 6.07 Å². The summed E-state index contributed by atoms with van der Waals surface area (Å²) in [5.74, 6) is 1.21. The lowest BCUT2D eigenvalue weighted by atomic mass is 10.0. The number of aromatic nitrogens is 1. The monoisotopic (exact) mass is 360 g/mol. The number of nitrogens with zero attached hydrogens (tertiary/aromatic N) is 2. The Balaban J connectivity index is 1.92. The second-order valence-corrected chi connectivity index (χ2v) is 7.57. The molecule has 6 nitrogen and oxygen atoms in total. The molecule has 1 heterocycles. The zero-order valence-electron chi connectivity index (χ0n) is 16.4. The minimum atomic E-state index is -0.328. The summed E-state index contributed by atoms with van der Waals surface area (Å²) in [4.78, 5) is 20.9. The molecule has 0 radical (unpaired) electrons. The normalized spacial score (nSPS) is 15.8. The molecule has 1 aliphatic carbocycles. The second-order valence-electron chi connectivity index (χ2n) is 7.57. The molecule has 0 bridgehead atoms. The lowest BCUT2D eigenvalue weighted by Gasteiger charge is -2.15. The third-order valence-electron chi connectivity index (χ3n) is 4.58. The summed E-state index contributed by atoms with van der Waals surface area (Å²) in [6.45, 7) is 7.00. The van der Waals surface area contributed by atoms with Gasteiger partial charge in [-0.1, -0.05) is 26.7 Å². The number of methoxy groups -OCH3 is 1. The summed E-state index contributed by atoms with van der Waals surface area (Å²) in [6, 6.07) is 3.91. The highest BCUT2D eigenvalue weighted by Gasteiger charge is 2.30. The summed E-state index contributed by atoms with van der Waals surface area (Å²) < 4.78 is 4.85. The van der Waals surface area contributed by atoms with Gasteiger partial charge in [0.1, 0.15) is 0 Å². The SMILES string of the molecule is COC(=O)c1ccc(CN=C(N)NC(C)CCCC(C)C)nc1C1CC1. The summed E-state index contributed by atoms with van der Waals surface area (Å²) in [7, 11) is 1.39. The number of ether oxygens (including phenoxy) is 1. The molecular weight excluding hydrogens is 328 g/mol. The first-order chi connectivity index (χ1) is 12.4. The van der Waals surface area contributed by atoms with Gasteiger partial charge in [0.25, 0.3) is 0 Å². The number of nitrogens with one attached hydrogen (secondary N) is 1. The van der Waals surface area contributed by atoms with Crippen molar-refractivity contribution in [1.82, 2.24) is 10.3 Å². The summed E-state index contributed by atoms with van der Waals surface area (Å²) in [6.07, 6.45) is 5.62. The molecule has 1 fully saturated rings. The number of guanidine groups is 1. The Morgan fingerprint density at radius 1 is 1.35 bits per heavy atom. The van der Waals surface area contributed by atoms with E-state index in [1.54, 1.807) is 6.07 Å². The molecular formula is C20H32N4O2. The van der Waals surface area contributed by atoms with E-state index < -0.39 is 0 Å². The Labute approximate surface area is 156 Å². The van der Waals surface area contributed by atoms with Gasteiger partial charge >= 0.3 is 5.97 Å². The summed E-state index contributed by atoms with van der Waals surface area (Å²) >= 11 is 0. The first kappa shape index (κ1) is 20.2. The second kappa shape index (κ2) is 9.55. The van der Waals surface area contributed by atoms with Gasteiger partial charge in [-0.2, -0.15) is 0 Å². The van der Waals surface area contributed by atoms with Crippen LogP contribution in [0.5, 0.6) is 0 Å². The van der Waals surface area contributed by atoms with E-state index >= 15 is 0 Å². The number of carbonyl (C=O) groups is 1. The lowest BCUT2D eigenvalue weighted by molar-refractivity contribution is 0.0598. The van der Waals surface area contributed by atoms with Crippen LogP contribution < -0.4 is 11.1 Å². The van der Waals surface area contributed by atoms with Crippen molar-refractivity contribution in [3.05, 3.63) is 29.1 Å². The average Bonchev–Trinajstić information content (AvgIpc) is 3.43. The fourth-order valence-electron chi connectivity index (χ4n) is 2.92. The van der Waals surface area contributed by atoms with Crippen molar-refractivity contribution in [3.63, 3.8) is 0 Å². The molecule has 1 unspecified atom stereocenters. The van der Waals surface area contributed by atoms with Crippen molar-refractivity contribution >= 4 is 11.9 Å². The number of hydrogen-bond acceptors (Lipinski definition) is 4. The molecule has 26 heavy (non-hydrogen) atoms. The minimum absolute atomic E-state index is 0.300. The molecule has 0 amide bonds. The number of carbonyl (C=O) groups excluding carboxylic acids is 1. The van der Waals surface area contributed by atoms with Crippen molar-refractivity contribution in [1.29, 1.82) is 0 Å². The van der Waals surface area contributed by atoms with Crippen LogP contribution in [0.15, 0.2) is 17.1 Å². The van der Waals surface area contributed by atoms with Crippen LogP contribution in [0.4, 0.5) is 0 Å². The third kappa shape index (κ3) is 6.32. The quantitative estimate of drug-likeness (QED) is 0.400. The van der Waals surface area contributed by atoms with Crippen LogP contribution in [0.3, 0.4) is 0 Å². The van der Waals surface area contributed by atoms with Gasteiger partial charge in [0.15, 0.2) is 5.96 Å². The Morgan fingerprint density at radius 3 is 2.69 bits per heavy atom. The molecule has 6 heteroatoms. The molecule has 3 N–H and O–H groups in total. The van der Waals surface area contributed by atoms with Crippen LogP contribution in [0.2, 0.25) is 0 Å². The molecule has 1 aliphatic rings. The summed E-state index contributed by atoms with van der Waals surface area (Å²) in [5.41, 5.74) is 8.21. The summed E-state index contributed by atoms with van der Waals surface area (Å²) in [5, 5.41) is 3.24. The topological polar surface area (TPSA) is 89.6 Å². The lowest BCUT2D eigenvalue weighted by Crippen LogP contribution is -2.38. The van der Waals surface area contributed by atoms with Gasteiger partial charge in [-0.15, -0.1) is 0 Å². The van der Waals surface area contributed by atoms with Gasteiger partial charge in [0.05, 0.1) is 30.6 Å². The largest absolute Gasteiger partial charge is 0.465 e. The van der Waals surface area contributed by atoms with Crippen molar-refractivity contribution in [3.8, 4) is 0 Å². The molecule has 1 aromatic heterocycles. The smallest absolute Gasteiger partial charge is 0.339 e. The maximum absolute atomic E-state index is 11.9. The van der Waals surface area contributed by atoms with Crippen LogP contribution in [0.1, 0.15) is 80.5 Å². The van der Waals surface area contributed by atoms with E-state index in [0.29, 0.717) is 30.0 Å². The highest BCUT2D eigenvalue weighted by Crippen LogP contribution is 2.40. The van der Waals surface area contributed by atoms with Gasteiger partial charge in [0.2, 0.25) is 0 Å². The molecule has 0 saturated heterocycles. The zero-order valence-corrected chi connectivity index (χ0v) is 16.4. The number of rotatable bonds is 9. The van der Waals surface area contributed by atoms with E-state index in [2.05, 4.69) is 36.1 Å². The first-order valence-electron chi connectivity index (χ1n) is 9.55. The molecule has 1 aromatic rings. The molecule has 1 atom stereocenters. The van der Waals surface area contributed by atoms with E-state index in [1.165, 1.54) is 20.0 Å². The van der Waals surface area contributed by atoms with Crippen LogP contribution in [-0.2, 0) is 11.3 Å². The Bertz CT molecular complexity index is 639. The third-order valence-corrected chi connectivity index (χ3v) is 4.58. The number of nitrogens with two attached hydrogens (primary N) is 1. The minimum Gasteiger partial charge on any atom is -0.465 e. The molecule has 0 aromatic carbocycles. The zero-order chi connectivity index (χ0) is 19.1. The maximum atomic E-state index is 11.9. The highest BCUT2D eigenvalue weighted by molar-refractivity contribution is 5.90. The van der Waals surface area contributed by atoms with Crippen LogP contribution in [0.25, 0.3) is 0 Å². The van der Waals surface area contributed by atoms with Crippen molar-refractivity contribution in [2.75, 3.05) is 7.11 Å². The van der Waals surface area contributed by atoms with Gasteiger partial charge < -0.3 is 15.8 Å². The number of hydrogen-bond donors (Lipinski definition) is 2. The van der Waals surface area contributed by atoms with Crippen LogP contribution in [-0.4, -0.2) is 30.1 Å². The van der Waals surface area contributed by atoms with Gasteiger partial charge in [-0.3, -0.25) is 4.98 Å². The Hall–Kier alpha value is -2.11. The number of aliphatic imine (C=N–C) groups is 1. The molecule has 0 aliphatic heterocycles. The van der Waals surface area contributed by atoms with Gasteiger partial charge in [-0.05, 0) is 44.2 Å². The van der Waals surface area contributed by atoms with Crippen molar-refractivity contribution in [2.45, 2.75) is 71.4 Å². The Kier molecular flexibility index (Phi) is 7.42. The van der Waals surface area contributed by atoms with Gasteiger partial charge in [-0.25, -0.2) is 9.79 Å². The Morgan fingerprint density at radius 2 is 2.08 bits per heavy atom. The van der Waals surface area contributed by atoms with Gasteiger partial charge in [0, 0.05) is 12.0 Å². The van der Waals surface area contributed by atoms with Crippen LogP contribution in [0, 0.1) is 5.92 Å². The number of esters is 1. The molecule has 0 spiro atoms. The predicted octanol–water partition coefficient (Wildman–Crippen LogP) is 3.36. The highest BCUT2D eigenvalue weighted by atomic mass is 16.5. The average molecular weight is 361 g/mol. The maximum Gasteiger partial charge on any atom is 0.339 e. The molecule has 1 saturated carbocycles. The molecule has 144 valence electrons. The van der Waals surface area contributed by atoms with Crippen molar-refractivity contribution in [2.24, 2.45) is 16.6 Å². The van der Waals surface area contributed by atoms with E-state index in [9.17, 15) is 4.79 Å². The fourth-order valence-corrected chi connectivity index (χ4v) is 2.92. The molecule has 2 rings (SSSR count).